The average Bonchev–Trinajstić information content (AvgIpc) is 2.98. The predicted octanol–water partition coefficient (Wildman–Crippen LogP) is 1.64. The van der Waals surface area contributed by atoms with Crippen molar-refractivity contribution in [3.05, 3.63) is 16.3 Å². The second kappa shape index (κ2) is 5.50. The molecule has 0 atom stereocenters. The smallest absolute Gasteiger partial charge is 0.241 e. The first-order valence-corrected chi connectivity index (χ1v) is 9.37. The summed E-state index contributed by atoms with van der Waals surface area (Å²) in [6, 6.07) is 1.68. The molecule has 2 N–H and O–H groups in total. The number of hydrogen-bond acceptors (Lipinski definition) is 5. The van der Waals surface area contributed by atoms with Crippen molar-refractivity contribution in [3.8, 4) is 0 Å². The summed E-state index contributed by atoms with van der Waals surface area (Å²) in [4.78, 5) is 1.28. The monoisotopic (exact) mass is 306 g/mol. The van der Waals surface area contributed by atoms with Gasteiger partial charge >= 0.3 is 0 Å². The number of hydrogen-bond donors (Lipinski definition) is 2. The summed E-state index contributed by atoms with van der Waals surface area (Å²) in [6.07, 6.45) is 4.24. The van der Waals surface area contributed by atoms with Crippen molar-refractivity contribution in [2.24, 2.45) is 0 Å². The van der Waals surface area contributed by atoms with E-state index in [-0.39, 0.29) is 4.75 Å². The molecule has 1 aliphatic rings. The van der Waals surface area contributed by atoms with Gasteiger partial charge in [0.2, 0.25) is 10.0 Å². The Kier molecular flexibility index (Phi) is 4.38. The van der Waals surface area contributed by atoms with Gasteiger partial charge in [0.15, 0.2) is 0 Å². The lowest BCUT2D eigenvalue weighted by atomic mass is 10.4. The molecule has 0 aliphatic heterocycles. The summed E-state index contributed by atoms with van der Waals surface area (Å²) in [7, 11) is -1.55. The standard InChI is InChI=1S/C11H18N2O2S3/c1-12-7-9-10(3-6-17-9)18(14,15)13-8-11(16-2)4-5-11/h3,6,12-13H,4-5,7-8H2,1-2H3. The predicted molar refractivity (Wildman–Crippen MR) is 77.8 cm³/mol. The summed E-state index contributed by atoms with van der Waals surface area (Å²) in [5.74, 6) is 0. The Morgan fingerprint density at radius 3 is 2.78 bits per heavy atom. The van der Waals surface area contributed by atoms with Crippen LogP contribution in [0.5, 0.6) is 0 Å². The van der Waals surface area contributed by atoms with Gasteiger partial charge in [0, 0.05) is 22.7 Å². The van der Waals surface area contributed by atoms with Crippen LogP contribution in [0.2, 0.25) is 0 Å². The molecule has 1 heterocycles. The molecule has 0 amide bonds. The molecule has 0 bridgehead atoms. The second-order valence-electron chi connectivity index (χ2n) is 4.45. The molecule has 1 saturated carbocycles. The number of sulfonamides is 1. The normalized spacial score (nSPS) is 17.9. The molecule has 1 fully saturated rings. The van der Waals surface area contributed by atoms with E-state index < -0.39 is 10.0 Å². The highest BCUT2D eigenvalue weighted by molar-refractivity contribution is 8.00. The van der Waals surface area contributed by atoms with Gasteiger partial charge in [0.1, 0.15) is 0 Å². The van der Waals surface area contributed by atoms with Crippen LogP contribution in [0.25, 0.3) is 0 Å². The van der Waals surface area contributed by atoms with Crippen LogP contribution in [0.1, 0.15) is 17.7 Å². The third-order valence-electron chi connectivity index (χ3n) is 3.16. The van der Waals surface area contributed by atoms with Crippen LogP contribution >= 0.6 is 23.1 Å². The molecule has 0 unspecified atom stereocenters. The maximum atomic E-state index is 12.2. The summed E-state index contributed by atoms with van der Waals surface area (Å²) in [5, 5.41) is 4.81. The van der Waals surface area contributed by atoms with Crippen molar-refractivity contribution in [3.63, 3.8) is 0 Å². The van der Waals surface area contributed by atoms with Crippen molar-refractivity contribution < 1.29 is 8.42 Å². The Hall–Kier alpha value is -0.0800. The fourth-order valence-corrected chi connectivity index (χ4v) is 5.15. The fourth-order valence-electron chi connectivity index (χ4n) is 1.75. The van der Waals surface area contributed by atoms with E-state index in [4.69, 9.17) is 0 Å². The van der Waals surface area contributed by atoms with Crippen LogP contribution in [-0.2, 0) is 16.6 Å². The molecule has 2 rings (SSSR count). The first-order chi connectivity index (χ1) is 8.53. The first kappa shape index (κ1) is 14.3. The minimum Gasteiger partial charge on any atom is -0.315 e. The molecule has 0 spiro atoms. The highest BCUT2D eigenvalue weighted by Gasteiger charge is 2.42. The lowest BCUT2D eigenvalue weighted by Crippen LogP contribution is -2.32. The molecule has 1 aromatic rings. The van der Waals surface area contributed by atoms with Gasteiger partial charge in [0.25, 0.3) is 0 Å². The second-order valence-corrected chi connectivity index (χ2v) is 8.46. The third-order valence-corrected chi connectivity index (χ3v) is 7.11. The number of thioether (sulfide) groups is 1. The van der Waals surface area contributed by atoms with Crippen molar-refractivity contribution in [2.45, 2.75) is 29.0 Å². The molecular formula is C11H18N2O2S3. The van der Waals surface area contributed by atoms with Crippen LogP contribution < -0.4 is 10.0 Å². The van der Waals surface area contributed by atoms with Crippen molar-refractivity contribution in [1.82, 2.24) is 10.0 Å². The van der Waals surface area contributed by atoms with Gasteiger partial charge < -0.3 is 5.32 Å². The third kappa shape index (κ3) is 3.08. The molecule has 0 saturated heterocycles. The molecule has 0 aromatic carbocycles. The minimum atomic E-state index is -3.37. The van der Waals surface area contributed by atoms with E-state index in [1.54, 1.807) is 17.8 Å². The van der Waals surface area contributed by atoms with E-state index in [9.17, 15) is 8.42 Å². The van der Waals surface area contributed by atoms with Crippen molar-refractivity contribution in [1.29, 1.82) is 0 Å². The van der Waals surface area contributed by atoms with Gasteiger partial charge in [0.05, 0.1) is 4.90 Å². The zero-order chi connectivity index (χ0) is 13.2. The summed E-state index contributed by atoms with van der Waals surface area (Å²) in [6.45, 7) is 1.12. The van der Waals surface area contributed by atoms with Crippen LogP contribution in [-0.4, -0.2) is 33.0 Å². The number of rotatable bonds is 7. The quantitative estimate of drug-likeness (QED) is 0.804. The summed E-state index contributed by atoms with van der Waals surface area (Å²) < 4.78 is 27.4. The average molecular weight is 306 g/mol. The van der Waals surface area contributed by atoms with Gasteiger partial charge in [-0.1, -0.05) is 0 Å². The minimum absolute atomic E-state index is 0.145. The van der Waals surface area contributed by atoms with E-state index in [1.807, 2.05) is 18.7 Å². The van der Waals surface area contributed by atoms with Crippen LogP contribution in [0, 0.1) is 0 Å². The summed E-state index contributed by atoms with van der Waals surface area (Å²) in [5.41, 5.74) is 0. The van der Waals surface area contributed by atoms with Crippen molar-refractivity contribution in [2.75, 3.05) is 19.8 Å². The molecule has 1 aromatic heterocycles. The van der Waals surface area contributed by atoms with E-state index in [0.717, 1.165) is 17.7 Å². The lowest BCUT2D eigenvalue weighted by molar-refractivity contribution is 0.578. The van der Waals surface area contributed by atoms with Crippen molar-refractivity contribution >= 4 is 33.1 Å². The Balaban J connectivity index is 2.08. The van der Waals surface area contributed by atoms with E-state index in [0.29, 0.717) is 18.0 Å². The summed E-state index contributed by atoms with van der Waals surface area (Å²) >= 11 is 3.22. The maximum Gasteiger partial charge on any atom is 0.241 e. The highest BCUT2D eigenvalue weighted by atomic mass is 32.2. The molecule has 18 heavy (non-hydrogen) atoms. The zero-order valence-corrected chi connectivity index (χ0v) is 13.0. The van der Waals surface area contributed by atoms with E-state index >= 15 is 0 Å². The Bertz CT molecular complexity index is 506. The highest BCUT2D eigenvalue weighted by Crippen LogP contribution is 2.46. The molecule has 7 heteroatoms. The molecular weight excluding hydrogens is 288 g/mol. The maximum absolute atomic E-state index is 12.2. The molecule has 1 aliphatic carbocycles. The van der Waals surface area contributed by atoms with Crippen LogP contribution in [0.4, 0.5) is 0 Å². The van der Waals surface area contributed by atoms with Gasteiger partial charge in [-0.25, -0.2) is 13.1 Å². The van der Waals surface area contributed by atoms with Gasteiger partial charge in [-0.2, -0.15) is 11.8 Å². The molecule has 4 nitrogen and oxygen atoms in total. The van der Waals surface area contributed by atoms with Gasteiger partial charge in [-0.15, -0.1) is 11.3 Å². The van der Waals surface area contributed by atoms with Gasteiger partial charge in [-0.3, -0.25) is 0 Å². The van der Waals surface area contributed by atoms with Gasteiger partial charge in [-0.05, 0) is 37.6 Å². The number of thiophene rings is 1. The Morgan fingerprint density at radius 2 is 2.22 bits per heavy atom. The van der Waals surface area contributed by atoms with E-state index in [2.05, 4.69) is 10.0 Å². The van der Waals surface area contributed by atoms with E-state index in [1.165, 1.54) is 11.3 Å². The fraction of sp³-hybridized carbons (Fsp3) is 0.636. The molecule has 0 radical (unpaired) electrons. The Morgan fingerprint density at radius 1 is 1.50 bits per heavy atom. The SMILES string of the molecule is CNCc1sccc1S(=O)(=O)NCC1(SC)CC1. The first-order valence-electron chi connectivity index (χ1n) is 5.79. The topological polar surface area (TPSA) is 58.2 Å². The Labute approximate surface area is 117 Å². The molecule has 102 valence electrons. The largest absolute Gasteiger partial charge is 0.315 e. The zero-order valence-electron chi connectivity index (χ0n) is 10.5. The lowest BCUT2D eigenvalue weighted by Gasteiger charge is -2.13. The van der Waals surface area contributed by atoms with Crippen LogP contribution in [0.15, 0.2) is 16.3 Å². The van der Waals surface area contributed by atoms with Crippen LogP contribution in [0.3, 0.4) is 0 Å². The number of nitrogens with one attached hydrogen (secondary N) is 2.